The minimum absolute atomic E-state index is 0. The third-order valence-electron chi connectivity index (χ3n) is 3.90. The Bertz CT molecular complexity index is 269. The van der Waals surface area contributed by atoms with Crippen LogP contribution < -0.4 is 5.32 Å². The predicted octanol–water partition coefficient (Wildman–Crippen LogP) is 0.407. The highest BCUT2D eigenvalue weighted by Crippen LogP contribution is 2.37. The van der Waals surface area contributed by atoms with Crippen LogP contribution in [0.15, 0.2) is 0 Å². The average molecular weight is 247 g/mol. The van der Waals surface area contributed by atoms with Crippen LogP contribution in [0.25, 0.3) is 0 Å². The van der Waals surface area contributed by atoms with Crippen LogP contribution in [-0.2, 0) is 9.53 Å². The van der Waals surface area contributed by atoms with Gasteiger partial charge in [0.15, 0.2) is 0 Å². The van der Waals surface area contributed by atoms with Crippen molar-refractivity contribution in [3.05, 3.63) is 0 Å². The lowest BCUT2D eigenvalue weighted by Gasteiger charge is -2.32. The predicted molar refractivity (Wildman–Crippen MR) is 62.7 cm³/mol. The Morgan fingerprint density at radius 3 is 2.81 bits per heavy atom. The van der Waals surface area contributed by atoms with Gasteiger partial charge >= 0.3 is 0 Å². The van der Waals surface area contributed by atoms with Gasteiger partial charge < -0.3 is 15.0 Å². The molecule has 0 spiro atoms. The number of piperidine rings is 1. The largest absolute Gasteiger partial charge is 0.366 e. The summed E-state index contributed by atoms with van der Waals surface area (Å²) in [6.07, 6.45) is 3.53. The molecule has 2 heterocycles. The summed E-state index contributed by atoms with van der Waals surface area (Å²) in [5.41, 5.74) is 0. The van der Waals surface area contributed by atoms with E-state index in [1.807, 2.05) is 0 Å². The molecular weight excluding hydrogens is 228 g/mol. The van der Waals surface area contributed by atoms with E-state index in [4.69, 9.17) is 4.74 Å². The van der Waals surface area contributed by atoms with Gasteiger partial charge in [-0.1, -0.05) is 0 Å². The number of fused-ring (bicyclic) bond motifs is 2. The molecule has 0 aromatic heterocycles. The summed E-state index contributed by atoms with van der Waals surface area (Å²) in [5.74, 6) is 0.991. The molecule has 0 aromatic rings. The van der Waals surface area contributed by atoms with E-state index < -0.39 is 0 Å². The first-order valence-electron chi connectivity index (χ1n) is 5.97. The first-order chi connectivity index (χ1) is 7.34. The molecule has 1 N–H and O–H groups in total. The molecule has 2 bridgehead atoms. The number of hydrogen-bond donors (Lipinski definition) is 1. The number of rotatable bonds is 1. The molecule has 2 unspecified atom stereocenters. The SMILES string of the molecule is Cl.O=C([C@@H]1CNCCO1)N1CC2CCC1C2. The lowest BCUT2D eigenvalue weighted by molar-refractivity contribution is -0.146. The quantitative estimate of drug-likeness (QED) is 0.729. The van der Waals surface area contributed by atoms with Gasteiger partial charge in [-0.3, -0.25) is 4.79 Å². The minimum Gasteiger partial charge on any atom is -0.366 e. The van der Waals surface area contributed by atoms with E-state index >= 15 is 0 Å². The summed E-state index contributed by atoms with van der Waals surface area (Å²) in [6, 6.07) is 0.521. The van der Waals surface area contributed by atoms with E-state index in [1.54, 1.807) is 0 Å². The molecule has 3 aliphatic rings. The van der Waals surface area contributed by atoms with Crippen molar-refractivity contribution in [2.24, 2.45) is 5.92 Å². The third kappa shape index (κ3) is 2.06. The fourth-order valence-electron chi connectivity index (χ4n) is 3.10. The van der Waals surface area contributed by atoms with Gasteiger partial charge in [0.05, 0.1) is 6.61 Å². The molecule has 2 saturated heterocycles. The number of amides is 1. The normalized spacial score (nSPS) is 37.2. The second kappa shape index (κ2) is 4.90. The standard InChI is InChI=1S/C11H18N2O2.ClH/c14-11(10-6-12-3-4-15-10)13-7-8-1-2-9(13)5-8;/h8-10,12H,1-7H2;1H/t8?,9?,10-;/m0./s1. The van der Waals surface area contributed by atoms with Crippen LogP contribution in [0.3, 0.4) is 0 Å². The summed E-state index contributed by atoms with van der Waals surface area (Å²) in [4.78, 5) is 14.2. The monoisotopic (exact) mass is 246 g/mol. The number of halogens is 1. The van der Waals surface area contributed by atoms with E-state index in [9.17, 15) is 4.79 Å². The van der Waals surface area contributed by atoms with Gasteiger partial charge in [-0.15, -0.1) is 12.4 Å². The Balaban J connectivity index is 0.000000963. The van der Waals surface area contributed by atoms with Crippen LogP contribution in [0.5, 0.6) is 0 Å². The number of likely N-dealkylation sites (tertiary alicyclic amines) is 1. The van der Waals surface area contributed by atoms with Gasteiger partial charge in [-0.25, -0.2) is 0 Å². The number of hydrogen-bond acceptors (Lipinski definition) is 3. The highest BCUT2D eigenvalue weighted by atomic mass is 35.5. The molecule has 3 rings (SSSR count). The van der Waals surface area contributed by atoms with Crippen LogP contribution in [0, 0.1) is 5.92 Å². The Morgan fingerprint density at radius 1 is 1.38 bits per heavy atom. The van der Waals surface area contributed by atoms with Gasteiger partial charge in [0.2, 0.25) is 0 Å². The molecular formula is C11H19ClN2O2. The zero-order chi connectivity index (χ0) is 10.3. The summed E-state index contributed by atoms with van der Waals surface area (Å²) < 4.78 is 5.51. The number of morpholine rings is 1. The Morgan fingerprint density at radius 2 is 2.25 bits per heavy atom. The Hall–Kier alpha value is -0.320. The van der Waals surface area contributed by atoms with Gasteiger partial charge in [0.25, 0.3) is 5.91 Å². The first kappa shape index (κ1) is 12.1. The van der Waals surface area contributed by atoms with E-state index in [-0.39, 0.29) is 24.4 Å². The lowest BCUT2D eigenvalue weighted by Crippen LogP contribution is -2.51. The van der Waals surface area contributed by atoms with Crippen molar-refractivity contribution in [2.45, 2.75) is 31.4 Å². The van der Waals surface area contributed by atoms with Crippen molar-refractivity contribution >= 4 is 18.3 Å². The summed E-state index contributed by atoms with van der Waals surface area (Å²) >= 11 is 0. The molecule has 2 aliphatic heterocycles. The van der Waals surface area contributed by atoms with Gasteiger partial charge in [-0.2, -0.15) is 0 Å². The maximum atomic E-state index is 12.2. The van der Waals surface area contributed by atoms with Gasteiger partial charge in [0.1, 0.15) is 6.10 Å². The Kier molecular flexibility index (Phi) is 3.72. The van der Waals surface area contributed by atoms with Crippen LogP contribution in [-0.4, -0.2) is 49.2 Å². The number of nitrogens with zero attached hydrogens (tertiary/aromatic N) is 1. The number of carbonyl (C=O) groups is 1. The molecule has 16 heavy (non-hydrogen) atoms. The van der Waals surface area contributed by atoms with Crippen molar-refractivity contribution in [3.63, 3.8) is 0 Å². The zero-order valence-electron chi connectivity index (χ0n) is 9.35. The van der Waals surface area contributed by atoms with Crippen LogP contribution >= 0.6 is 12.4 Å². The van der Waals surface area contributed by atoms with E-state index in [0.29, 0.717) is 19.2 Å². The van der Waals surface area contributed by atoms with Crippen molar-refractivity contribution in [3.8, 4) is 0 Å². The molecule has 1 amide bonds. The topological polar surface area (TPSA) is 41.6 Å². The van der Waals surface area contributed by atoms with Crippen LogP contribution in [0.4, 0.5) is 0 Å². The maximum Gasteiger partial charge on any atom is 0.253 e. The number of ether oxygens (including phenoxy) is 1. The number of carbonyl (C=O) groups excluding carboxylic acids is 1. The molecule has 3 atom stereocenters. The molecule has 1 saturated carbocycles. The van der Waals surface area contributed by atoms with E-state index in [2.05, 4.69) is 10.2 Å². The molecule has 4 nitrogen and oxygen atoms in total. The van der Waals surface area contributed by atoms with Gasteiger partial charge in [-0.05, 0) is 25.2 Å². The second-order valence-corrected chi connectivity index (χ2v) is 4.89. The lowest BCUT2D eigenvalue weighted by atomic mass is 10.1. The molecule has 1 aliphatic carbocycles. The van der Waals surface area contributed by atoms with Crippen molar-refractivity contribution in [2.75, 3.05) is 26.2 Å². The van der Waals surface area contributed by atoms with Crippen molar-refractivity contribution < 1.29 is 9.53 Å². The van der Waals surface area contributed by atoms with E-state index in [1.165, 1.54) is 19.3 Å². The highest BCUT2D eigenvalue weighted by Gasteiger charge is 2.42. The maximum absolute atomic E-state index is 12.2. The van der Waals surface area contributed by atoms with E-state index in [0.717, 1.165) is 19.0 Å². The Labute approximate surface area is 102 Å². The average Bonchev–Trinajstić information content (AvgIpc) is 2.91. The molecule has 5 heteroatoms. The van der Waals surface area contributed by atoms with Gasteiger partial charge in [0, 0.05) is 25.7 Å². The highest BCUT2D eigenvalue weighted by molar-refractivity contribution is 5.85. The van der Waals surface area contributed by atoms with Crippen molar-refractivity contribution in [1.82, 2.24) is 10.2 Å². The van der Waals surface area contributed by atoms with Crippen LogP contribution in [0.1, 0.15) is 19.3 Å². The number of nitrogens with one attached hydrogen (secondary N) is 1. The smallest absolute Gasteiger partial charge is 0.253 e. The first-order valence-corrected chi connectivity index (χ1v) is 5.97. The second-order valence-electron chi connectivity index (χ2n) is 4.89. The zero-order valence-corrected chi connectivity index (χ0v) is 10.2. The fraction of sp³-hybridized carbons (Fsp3) is 0.909. The fourth-order valence-corrected chi connectivity index (χ4v) is 3.10. The summed E-state index contributed by atoms with van der Waals surface area (Å²) in [5, 5.41) is 3.21. The minimum atomic E-state index is -0.224. The third-order valence-corrected chi connectivity index (χ3v) is 3.90. The summed E-state index contributed by atoms with van der Waals surface area (Å²) in [7, 11) is 0. The molecule has 92 valence electrons. The molecule has 3 fully saturated rings. The van der Waals surface area contributed by atoms with Crippen molar-refractivity contribution in [1.29, 1.82) is 0 Å². The molecule has 0 aromatic carbocycles. The van der Waals surface area contributed by atoms with Crippen LogP contribution in [0.2, 0.25) is 0 Å². The molecule has 0 radical (unpaired) electrons. The summed E-state index contributed by atoms with van der Waals surface area (Å²) in [6.45, 7) is 3.20.